The molecule has 1 N–H and O–H groups in total. The lowest BCUT2D eigenvalue weighted by Crippen LogP contribution is -2.19. The number of aromatic nitrogens is 4. The first-order chi connectivity index (χ1) is 15.2. The van der Waals surface area contributed by atoms with Crippen molar-refractivity contribution in [2.75, 3.05) is 18.5 Å². The summed E-state index contributed by atoms with van der Waals surface area (Å²) >= 11 is 7.43. The third kappa shape index (κ3) is 4.51. The van der Waals surface area contributed by atoms with Gasteiger partial charge >= 0.3 is 0 Å². The van der Waals surface area contributed by atoms with E-state index < -0.39 is 0 Å². The Morgan fingerprint density at radius 2 is 2.10 bits per heavy atom. The van der Waals surface area contributed by atoms with Gasteiger partial charge in [-0.3, -0.25) is 9.20 Å². The van der Waals surface area contributed by atoms with Crippen LogP contribution in [0.5, 0.6) is 0 Å². The minimum absolute atomic E-state index is 0.165. The van der Waals surface area contributed by atoms with E-state index in [-0.39, 0.29) is 11.7 Å². The van der Waals surface area contributed by atoms with Crippen molar-refractivity contribution >= 4 is 45.7 Å². The number of halogens is 1. The Hall–Kier alpha value is -2.68. The van der Waals surface area contributed by atoms with Gasteiger partial charge < -0.3 is 10.1 Å². The maximum Gasteiger partial charge on any atom is 0.258 e. The smallest absolute Gasteiger partial charge is 0.258 e. The summed E-state index contributed by atoms with van der Waals surface area (Å²) in [5, 5.41) is 5.53. The summed E-state index contributed by atoms with van der Waals surface area (Å²) in [7, 11) is 0. The molecular weight excluding hydrogens is 434 g/mol. The molecule has 0 aliphatic carbocycles. The van der Waals surface area contributed by atoms with E-state index in [1.165, 1.54) is 22.2 Å². The Labute approximate surface area is 187 Å². The van der Waals surface area contributed by atoms with Crippen molar-refractivity contribution in [1.29, 1.82) is 0 Å². The maximum absolute atomic E-state index is 12.4. The predicted molar refractivity (Wildman–Crippen MR) is 123 cm³/mol. The summed E-state index contributed by atoms with van der Waals surface area (Å²) in [5.74, 6) is 1.28. The van der Waals surface area contributed by atoms with Gasteiger partial charge in [0, 0.05) is 36.6 Å². The number of ether oxygens (including phenoxy) is 1. The molecule has 1 aliphatic heterocycles. The van der Waals surface area contributed by atoms with E-state index in [9.17, 15) is 4.79 Å². The summed E-state index contributed by atoms with van der Waals surface area (Å²) in [5.41, 5.74) is 1.94. The summed E-state index contributed by atoms with van der Waals surface area (Å²) in [6.07, 6.45) is 3.95. The van der Waals surface area contributed by atoms with E-state index in [1.807, 2.05) is 24.3 Å². The third-order valence-corrected chi connectivity index (χ3v) is 6.23. The number of pyridine rings is 1. The van der Waals surface area contributed by atoms with Crippen LogP contribution in [0.1, 0.15) is 18.5 Å². The van der Waals surface area contributed by atoms with Crippen LogP contribution < -0.4 is 10.9 Å². The van der Waals surface area contributed by atoms with Crippen molar-refractivity contribution < 1.29 is 4.74 Å². The quantitative estimate of drug-likeness (QED) is 0.346. The van der Waals surface area contributed by atoms with Crippen LogP contribution in [-0.4, -0.2) is 38.6 Å². The fourth-order valence-electron chi connectivity index (χ4n) is 3.61. The SMILES string of the molecule is O=c1cc(CSc2nc(NCC3CCCO3)c3ccccc3n2)nc2ccc(Cl)cn12. The predicted octanol–water partition coefficient (Wildman–Crippen LogP) is 4.17. The van der Waals surface area contributed by atoms with Gasteiger partial charge in [-0.1, -0.05) is 35.5 Å². The molecule has 7 nitrogen and oxygen atoms in total. The topological polar surface area (TPSA) is 81.4 Å². The highest BCUT2D eigenvalue weighted by Crippen LogP contribution is 2.26. The molecule has 1 atom stereocenters. The van der Waals surface area contributed by atoms with E-state index >= 15 is 0 Å². The summed E-state index contributed by atoms with van der Waals surface area (Å²) in [4.78, 5) is 26.4. The van der Waals surface area contributed by atoms with Gasteiger partial charge in [0.25, 0.3) is 5.56 Å². The van der Waals surface area contributed by atoms with Gasteiger partial charge in [0.15, 0.2) is 5.16 Å². The van der Waals surface area contributed by atoms with Crippen molar-refractivity contribution in [3.05, 3.63) is 69.7 Å². The van der Waals surface area contributed by atoms with Crippen LogP contribution in [0, 0.1) is 0 Å². The van der Waals surface area contributed by atoms with Gasteiger partial charge in [-0.25, -0.2) is 15.0 Å². The van der Waals surface area contributed by atoms with Crippen LogP contribution >= 0.6 is 23.4 Å². The maximum atomic E-state index is 12.4. The molecule has 0 spiro atoms. The Bertz CT molecular complexity index is 1310. The molecular formula is C22H20ClN5O2S. The van der Waals surface area contributed by atoms with Crippen LogP contribution in [0.25, 0.3) is 16.6 Å². The molecule has 1 aromatic carbocycles. The first-order valence-corrected chi connectivity index (χ1v) is 11.4. The minimum atomic E-state index is -0.165. The van der Waals surface area contributed by atoms with Crippen LogP contribution in [0.15, 0.2) is 58.6 Å². The molecule has 5 rings (SSSR count). The van der Waals surface area contributed by atoms with Crippen LogP contribution in [0.2, 0.25) is 5.02 Å². The van der Waals surface area contributed by atoms with Crippen molar-refractivity contribution in [3.8, 4) is 0 Å². The first-order valence-electron chi connectivity index (χ1n) is 10.1. The summed E-state index contributed by atoms with van der Waals surface area (Å²) in [6, 6.07) is 12.9. The fraction of sp³-hybridized carbons (Fsp3) is 0.273. The summed E-state index contributed by atoms with van der Waals surface area (Å²) in [6.45, 7) is 1.54. The minimum Gasteiger partial charge on any atom is -0.376 e. The number of para-hydroxylation sites is 1. The van der Waals surface area contributed by atoms with E-state index in [1.54, 1.807) is 18.3 Å². The van der Waals surface area contributed by atoms with Crippen molar-refractivity contribution in [2.45, 2.75) is 29.9 Å². The molecule has 1 saturated heterocycles. The zero-order valence-corrected chi connectivity index (χ0v) is 18.2. The zero-order chi connectivity index (χ0) is 21.2. The van der Waals surface area contributed by atoms with Gasteiger partial charge in [-0.05, 0) is 37.1 Å². The fourth-order valence-corrected chi connectivity index (χ4v) is 4.51. The molecule has 4 heterocycles. The standard InChI is InChI=1S/C22H20ClN5O2S/c23-14-7-8-19-25-15(10-20(29)28(19)12-14)13-31-22-26-18-6-2-1-5-17(18)21(27-22)24-11-16-4-3-9-30-16/h1-2,5-8,10,12,16H,3-4,9,11,13H2,(H,24,26,27). The molecule has 31 heavy (non-hydrogen) atoms. The van der Waals surface area contributed by atoms with Crippen molar-refractivity contribution in [3.63, 3.8) is 0 Å². The average Bonchev–Trinajstić information content (AvgIpc) is 3.30. The average molecular weight is 454 g/mol. The van der Waals surface area contributed by atoms with Gasteiger partial charge in [0.2, 0.25) is 0 Å². The molecule has 3 aromatic heterocycles. The second-order valence-electron chi connectivity index (χ2n) is 7.34. The second kappa shape index (κ2) is 8.82. The molecule has 0 radical (unpaired) electrons. The molecule has 4 aromatic rings. The summed E-state index contributed by atoms with van der Waals surface area (Å²) < 4.78 is 7.16. The number of hydrogen-bond donors (Lipinski definition) is 1. The van der Waals surface area contributed by atoms with Crippen LogP contribution in [0.3, 0.4) is 0 Å². The normalized spacial score (nSPS) is 16.2. The number of rotatable bonds is 6. The number of nitrogens with one attached hydrogen (secondary N) is 1. The molecule has 0 amide bonds. The van der Waals surface area contributed by atoms with E-state index in [2.05, 4.69) is 15.3 Å². The molecule has 1 unspecified atom stereocenters. The molecule has 0 bridgehead atoms. The number of thioether (sulfide) groups is 1. The van der Waals surface area contributed by atoms with E-state index in [4.69, 9.17) is 21.3 Å². The molecule has 158 valence electrons. The van der Waals surface area contributed by atoms with E-state index in [0.29, 0.717) is 27.3 Å². The largest absolute Gasteiger partial charge is 0.376 e. The molecule has 1 aliphatic rings. The van der Waals surface area contributed by atoms with Gasteiger partial charge in [-0.15, -0.1) is 0 Å². The van der Waals surface area contributed by atoms with Gasteiger partial charge in [0.05, 0.1) is 22.3 Å². The highest BCUT2D eigenvalue weighted by Gasteiger charge is 2.16. The highest BCUT2D eigenvalue weighted by atomic mass is 35.5. The molecule has 0 saturated carbocycles. The number of benzene rings is 1. The lowest BCUT2D eigenvalue weighted by molar-refractivity contribution is 0.120. The molecule has 1 fully saturated rings. The second-order valence-corrected chi connectivity index (χ2v) is 8.72. The Kier molecular flexibility index (Phi) is 5.76. The van der Waals surface area contributed by atoms with Crippen LogP contribution in [0.4, 0.5) is 5.82 Å². The van der Waals surface area contributed by atoms with Crippen LogP contribution in [-0.2, 0) is 10.5 Å². The lowest BCUT2D eigenvalue weighted by atomic mass is 10.2. The lowest BCUT2D eigenvalue weighted by Gasteiger charge is -2.14. The number of anilines is 1. The number of fused-ring (bicyclic) bond motifs is 2. The Morgan fingerprint density at radius 1 is 1.19 bits per heavy atom. The zero-order valence-electron chi connectivity index (χ0n) is 16.6. The Morgan fingerprint density at radius 3 is 2.97 bits per heavy atom. The highest BCUT2D eigenvalue weighted by molar-refractivity contribution is 7.98. The van der Waals surface area contributed by atoms with Gasteiger partial charge in [-0.2, -0.15) is 0 Å². The van der Waals surface area contributed by atoms with Gasteiger partial charge in [0.1, 0.15) is 11.5 Å². The first kappa shape index (κ1) is 20.2. The number of nitrogens with zero attached hydrogens (tertiary/aromatic N) is 4. The Balaban J connectivity index is 1.39. The monoisotopic (exact) mass is 453 g/mol. The van der Waals surface area contributed by atoms with Crippen molar-refractivity contribution in [2.24, 2.45) is 0 Å². The third-order valence-electron chi connectivity index (χ3n) is 5.13. The number of hydrogen-bond acceptors (Lipinski definition) is 7. The molecule has 9 heteroatoms. The van der Waals surface area contributed by atoms with Crippen molar-refractivity contribution in [1.82, 2.24) is 19.4 Å². The van der Waals surface area contributed by atoms with E-state index in [0.717, 1.165) is 42.7 Å².